The predicted molar refractivity (Wildman–Crippen MR) is 120 cm³/mol. The van der Waals surface area contributed by atoms with E-state index in [0.29, 0.717) is 33.8 Å². The van der Waals surface area contributed by atoms with Crippen LogP contribution in [0.2, 0.25) is 0 Å². The normalized spacial score (nSPS) is 10.8. The molecule has 0 saturated carbocycles. The smallest absolute Gasteiger partial charge is 0.251 e. The van der Waals surface area contributed by atoms with Gasteiger partial charge in [-0.15, -0.1) is 0 Å². The zero-order chi connectivity index (χ0) is 22.7. The van der Waals surface area contributed by atoms with E-state index in [0.717, 1.165) is 11.3 Å². The van der Waals surface area contributed by atoms with E-state index in [1.54, 1.807) is 54.3 Å². The van der Waals surface area contributed by atoms with E-state index in [2.05, 4.69) is 15.4 Å². The third-order valence-electron chi connectivity index (χ3n) is 5.18. The van der Waals surface area contributed by atoms with E-state index in [-0.39, 0.29) is 18.3 Å². The van der Waals surface area contributed by atoms with Crippen LogP contribution in [0.5, 0.6) is 11.5 Å². The molecule has 0 aliphatic carbocycles. The SMILES string of the molecule is Cc1ccc(CNC(=O)c2cccc(Oc3ccnc(-c4cnn(C)c4)c3)c2C)cc1F. The van der Waals surface area contributed by atoms with Gasteiger partial charge in [0.1, 0.15) is 17.3 Å². The van der Waals surface area contributed by atoms with Crippen molar-refractivity contribution < 1.29 is 13.9 Å². The van der Waals surface area contributed by atoms with Crippen molar-refractivity contribution in [3.05, 3.63) is 95.2 Å². The lowest BCUT2D eigenvalue weighted by atomic mass is 10.1. The zero-order valence-corrected chi connectivity index (χ0v) is 18.1. The summed E-state index contributed by atoms with van der Waals surface area (Å²) in [6, 6.07) is 13.8. The van der Waals surface area contributed by atoms with Crippen LogP contribution in [0.1, 0.15) is 27.0 Å². The summed E-state index contributed by atoms with van der Waals surface area (Å²) in [6.45, 7) is 3.77. The Balaban J connectivity index is 1.50. The van der Waals surface area contributed by atoms with Crippen molar-refractivity contribution >= 4 is 5.91 Å². The van der Waals surface area contributed by atoms with Gasteiger partial charge in [-0.1, -0.05) is 18.2 Å². The number of halogens is 1. The Hall–Kier alpha value is -4.00. The van der Waals surface area contributed by atoms with Crippen LogP contribution in [0, 0.1) is 19.7 Å². The summed E-state index contributed by atoms with van der Waals surface area (Å²) >= 11 is 0. The molecule has 0 bridgehead atoms. The fourth-order valence-corrected chi connectivity index (χ4v) is 3.31. The summed E-state index contributed by atoms with van der Waals surface area (Å²) in [6.07, 6.45) is 5.29. The van der Waals surface area contributed by atoms with Gasteiger partial charge in [-0.3, -0.25) is 14.5 Å². The number of carbonyl (C=O) groups excluding carboxylic acids is 1. The Morgan fingerprint density at radius 1 is 1.16 bits per heavy atom. The van der Waals surface area contributed by atoms with Gasteiger partial charge in [0.15, 0.2) is 0 Å². The van der Waals surface area contributed by atoms with Crippen LogP contribution in [0.3, 0.4) is 0 Å². The first kappa shape index (κ1) is 21.2. The van der Waals surface area contributed by atoms with Crippen LogP contribution in [-0.2, 0) is 13.6 Å². The molecule has 1 N–H and O–H groups in total. The molecule has 32 heavy (non-hydrogen) atoms. The van der Waals surface area contributed by atoms with E-state index < -0.39 is 0 Å². The number of hydrogen-bond acceptors (Lipinski definition) is 4. The molecule has 162 valence electrons. The van der Waals surface area contributed by atoms with Crippen LogP contribution in [0.15, 0.2) is 67.1 Å². The Bertz CT molecular complexity index is 1280. The van der Waals surface area contributed by atoms with Gasteiger partial charge in [-0.2, -0.15) is 5.10 Å². The van der Waals surface area contributed by atoms with Crippen molar-refractivity contribution in [1.82, 2.24) is 20.1 Å². The summed E-state index contributed by atoms with van der Waals surface area (Å²) in [5.74, 6) is 0.642. The topological polar surface area (TPSA) is 69.0 Å². The molecule has 0 atom stereocenters. The second kappa shape index (κ2) is 9.01. The van der Waals surface area contributed by atoms with E-state index in [4.69, 9.17) is 4.74 Å². The summed E-state index contributed by atoms with van der Waals surface area (Å²) in [7, 11) is 1.85. The molecule has 0 radical (unpaired) electrons. The van der Waals surface area contributed by atoms with E-state index in [9.17, 15) is 9.18 Å². The minimum absolute atomic E-state index is 0.235. The van der Waals surface area contributed by atoms with Crippen LogP contribution >= 0.6 is 0 Å². The highest BCUT2D eigenvalue weighted by molar-refractivity contribution is 5.96. The maximum atomic E-state index is 13.8. The average molecular weight is 430 g/mol. The lowest BCUT2D eigenvalue weighted by Crippen LogP contribution is -2.23. The monoisotopic (exact) mass is 430 g/mol. The molecule has 0 aliphatic rings. The third-order valence-corrected chi connectivity index (χ3v) is 5.18. The molecular weight excluding hydrogens is 407 g/mol. The zero-order valence-electron chi connectivity index (χ0n) is 18.1. The molecule has 4 rings (SSSR count). The van der Waals surface area contributed by atoms with Crippen molar-refractivity contribution in [3.8, 4) is 22.8 Å². The Morgan fingerprint density at radius 2 is 2.00 bits per heavy atom. The molecule has 0 fully saturated rings. The van der Waals surface area contributed by atoms with E-state index in [1.165, 1.54) is 6.07 Å². The molecule has 0 unspecified atom stereocenters. The van der Waals surface area contributed by atoms with Gasteiger partial charge in [0.25, 0.3) is 5.91 Å². The van der Waals surface area contributed by atoms with E-state index >= 15 is 0 Å². The number of nitrogens with one attached hydrogen (secondary N) is 1. The highest BCUT2D eigenvalue weighted by Gasteiger charge is 2.14. The second-order valence-corrected chi connectivity index (χ2v) is 7.58. The fraction of sp³-hybridized carbons (Fsp3) is 0.160. The van der Waals surface area contributed by atoms with Gasteiger partial charge in [-0.05, 0) is 49.2 Å². The molecule has 0 saturated heterocycles. The van der Waals surface area contributed by atoms with E-state index in [1.807, 2.05) is 32.3 Å². The Kier molecular flexibility index (Phi) is 5.98. The maximum absolute atomic E-state index is 13.8. The summed E-state index contributed by atoms with van der Waals surface area (Å²) < 4.78 is 21.5. The summed E-state index contributed by atoms with van der Waals surface area (Å²) in [5.41, 5.74) is 4.11. The lowest BCUT2D eigenvalue weighted by Gasteiger charge is -2.13. The number of ether oxygens (including phenoxy) is 1. The largest absolute Gasteiger partial charge is 0.457 e. The first-order valence-corrected chi connectivity index (χ1v) is 10.2. The van der Waals surface area contributed by atoms with Gasteiger partial charge in [0.05, 0.1) is 11.9 Å². The second-order valence-electron chi connectivity index (χ2n) is 7.58. The number of hydrogen-bond donors (Lipinski definition) is 1. The van der Waals surface area contributed by atoms with Gasteiger partial charge in [-0.25, -0.2) is 4.39 Å². The molecule has 4 aromatic rings. The average Bonchev–Trinajstić information content (AvgIpc) is 3.22. The molecule has 6 nitrogen and oxygen atoms in total. The molecule has 2 aromatic carbocycles. The molecular formula is C25H23FN4O2. The first-order valence-electron chi connectivity index (χ1n) is 10.2. The van der Waals surface area contributed by atoms with Crippen molar-refractivity contribution in [2.45, 2.75) is 20.4 Å². The number of aryl methyl sites for hydroxylation is 2. The highest BCUT2D eigenvalue weighted by atomic mass is 19.1. The van der Waals surface area contributed by atoms with Gasteiger partial charge >= 0.3 is 0 Å². The van der Waals surface area contributed by atoms with Crippen molar-refractivity contribution in [2.75, 3.05) is 0 Å². The quantitative estimate of drug-likeness (QED) is 0.469. The molecule has 0 spiro atoms. The first-order chi connectivity index (χ1) is 15.4. The lowest BCUT2D eigenvalue weighted by molar-refractivity contribution is 0.0950. The van der Waals surface area contributed by atoms with Crippen LogP contribution < -0.4 is 10.1 Å². The van der Waals surface area contributed by atoms with Gasteiger partial charge < -0.3 is 10.1 Å². The van der Waals surface area contributed by atoms with Crippen LogP contribution in [-0.4, -0.2) is 20.7 Å². The van der Waals surface area contributed by atoms with Gasteiger partial charge in [0, 0.05) is 48.7 Å². The minimum atomic E-state index is -0.286. The van der Waals surface area contributed by atoms with Crippen LogP contribution in [0.25, 0.3) is 11.3 Å². The summed E-state index contributed by atoms with van der Waals surface area (Å²) in [4.78, 5) is 17.1. The molecule has 0 aliphatic heterocycles. The number of pyridine rings is 1. The number of amides is 1. The van der Waals surface area contributed by atoms with Crippen molar-refractivity contribution in [3.63, 3.8) is 0 Å². The fourth-order valence-electron chi connectivity index (χ4n) is 3.31. The highest BCUT2D eigenvalue weighted by Crippen LogP contribution is 2.29. The maximum Gasteiger partial charge on any atom is 0.251 e. The molecule has 7 heteroatoms. The number of aromatic nitrogens is 3. The number of rotatable bonds is 6. The van der Waals surface area contributed by atoms with Gasteiger partial charge in [0.2, 0.25) is 0 Å². The Morgan fingerprint density at radius 3 is 2.75 bits per heavy atom. The number of carbonyl (C=O) groups is 1. The molecule has 2 heterocycles. The predicted octanol–water partition coefficient (Wildman–Crippen LogP) is 4.96. The van der Waals surface area contributed by atoms with Crippen molar-refractivity contribution in [1.29, 1.82) is 0 Å². The van der Waals surface area contributed by atoms with Crippen molar-refractivity contribution in [2.24, 2.45) is 7.05 Å². The summed E-state index contributed by atoms with van der Waals surface area (Å²) in [5, 5.41) is 7.02. The standard InChI is InChI=1S/C25H23FN4O2/c1-16-7-8-18(11-22(16)26)13-28-25(31)21-5-4-6-24(17(21)2)32-20-9-10-27-23(12-20)19-14-29-30(3)15-19/h4-12,14-15H,13H2,1-3H3,(H,28,31). The number of nitrogens with zero attached hydrogens (tertiary/aromatic N) is 3. The molecule has 2 aromatic heterocycles. The molecule has 1 amide bonds. The third kappa shape index (κ3) is 4.67. The minimum Gasteiger partial charge on any atom is -0.457 e. The number of benzene rings is 2. The van der Waals surface area contributed by atoms with Crippen LogP contribution in [0.4, 0.5) is 4.39 Å². The Labute approximate surface area is 185 Å².